The van der Waals surface area contributed by atoms with E-state index in [2.05, 4.69) is 42.9 Å². The van der Waals surface area contributed by atoms with E-state index in [4.69, 9.17) is 0 Å². The highest BCUT2D eigenvalue weighted by molar-refractivity contribution is 14.1. The molecule has 0 bridgehead atoms. The van der Waals surface area contributed by atoms with Crippen LogP contribution >= 0.6 is 22.6 Å². The number of hydrogen-bond donors (Lipinski definition) is 0. The zero-order valence-electron chi connectivity index (χ0n) is 3.53. The van der Waals surface area contributed by atoms with Crippen LogP contribution in [0.25, 0.3) is 0 Å². The molecule has 0 saturated heterocycles. The van der Waals surface area contributed by atoms with Gasteiger partial charge in [0.1, 0.15) is 0 Å². The van der Waals surface area contributed by atoms with Gasteiger partial charge in [0.05, 0.1) is 0 Å². The molecule has 0 aliphatic heterocycles. The Hall–Kier alpha value is 0.730. The maximum Gasteiger partial charge on any atom is 0.0110 e. The fraction of sp³-hybridized carbons (Fsp3) is 0.750. The molecular weight excluding hydrogens is 175 g/mol. The lowest BCUT2D eigenvalue weighted by Gasteiger charge is -1.87. The molecule has 1 heteroatoms. The summed E-state index contributed by atoms with van der Waals surface area (Å²) < 4.78 is 0.729. The van der Waals surface area contributed by atoms with Crippen molar-refractivity contribution in [1.29, 1.82) is 0 Å². The highest BCUT2D eigenvalue weighted by Crippen LogP contribution is 1.99. The Morgan fingerprint density at radius 3 is 2.00 bits per heavy atom. The minimum absolute atomic E-state index is 0.729. The number of hydrogen-bond acceptors (Lipinski definition) is 0. The van der Waals surface area contributed by atoms with Crippen LogP contribution in [0.2, 0.25) is 0 Å². The van der Waals surface area contributed by atoms with E-state index >= 15 is 0 Å². The molecule has 0 saturated carbocycles. The van der Waals surface area contributed by atoms with Crippen LogP contribution in [0.15, 0.2) is 0 Å². The van der Waals surface area contributed by atoms with Crippen LogP contribution in [0.3, 0.4) is 0 Å². The van der Waals surface area contributed by atoms with Gasteiger partial charge >= 0.3 is 0 Å². The highest BCUT2D eigenvalue weighted by Gasteiger charge is 1.83. The minimum atomic E-state index is 0.729. The van der Waals surface area contributed by atoms with Crippen LogP contribution in [0.1, 0.15) is 13.8 Å². The van der Waals surface area contributed by atoms with Crippen LogP contribution in [-0.4, -0.2) is 3.92 Å². The summed E-state index contributed by atoms with van der Waals surface area (Å²) in [5, 5.41) is 0. The quantitative estimate of drug-likeness (QED) is 0.431. The normalized spacial score (nSPS) is 15.0. The second-order valence-electron chi connectivity index (χ2n) is 1.01. The van der Waals surface area contributed by atoms with Crippen molar-refractivity contribution < 1.29 is 0 Å². The molecule has 0 aliphatic carbocycles. The molecule has 0 nitrogen and oxygen atoms in total. The summed E-state index contributed by atoms with van der Waals surface area (Å²) in [5.74, 6) is 0. The van der Waals surface area contributed by atoms with Crippen molar-refractivity contribution in [2.75, 3.05) is 0 Å². The Bertz CT molecular complexity index is 17.6. The molecule has 1 radical (unpaired) electrons. The predicted molar refractivity (Wildman–Crippen MR) is 33.5 cm³/mol. The summed E-state index contributed by atoms with van der Waals surface area (Å²) in [4.78, 5) is 0. The third kappa shape index (κ3) is 4.73. The molecular formula is C4H8I. The molecule has 0 spiro atoms. The van der Waals surface area contributed by atoms with E-state index in [-0.39, 0.29) is 0 Å². The summed E-state index contributed by atoms with van der Waals surface area (Å²) in [6.07, 6.45) is 2.15. The van der Waals surface area contributed by atoms with Gasteiger partial charge in [-0.2, -0.15) is 0 Å². The number of halogens is 1. The average molecular weight is 183 g/mol. The zero-order chi connectivity index (χ0) is 4.28. The van der Waals surface area contributed by atoms with Gasteiger partial charge < -0.3 is 0 Å². The Balaban J connectivity index is 2.54. The van der Waals surface area contributed by atoms with Crippen LogP contribution in [0, 0.1) is 6.42 Å². The summed E-state index contributed by atoms with van der Waals surface area (Å²) in [7, 11) is 0. The lowest BCUT2D eigenvalue weighted by Crippen LogP contribution is -1.81. The Morgan fingerprint density at radius 1 is 1.80 bits per heavy atom. The van der Waals surface area contributed by atoms with Crippen molar-refractivity contribution >= 4 is 22.6 Å². The van der Waals surface area contributed by atoms with E-state index in [0.717, 1.165) is 3.92 Å². The molecule has 31 valence electrons. The third-order valence-corrected chi connectivity index (χ3v) is 1.18. The first-order chi connectivity index (χ1) is 2.27. The molecule has 0 heterocycles. The van der Waals surface area contributed by atoms with Crippen LogP contribution in [-0.2, 0) is 0 Å². The Kier molecular flexibility index (Phi) is 3.37. The SMILES string of the molecule is C[CH]C(C)I. The number of rotatable bonds is 1. The van der Waals surface area contributed by atoms with Gasteiger partial charge in [0, 0.05) is 3.92 Å². The van der Waals surface area contributed by atoms with E-state index in [1.165, 1.54) is 0 Å². The molecule has 1 unspecified atom stereocenters. The van der Waals surface area contributed by atoms with Gasteiger partial charge in [0.2, 0.25) is 0 Å². The molecule has 0 aromatic heterocycles. The van der Waals surface area contributed by atoms with E-state index < -0.39 is 0 Å². The molecule has 0 N–H and O–H groups in total. The molecule has 0 aromatic carbocycles. The minimum Gasteiger partial charge on any atom is -0.0826 e. The largest absolute Gasteiger partial charge is 0.0826 e. The van der Waals surface area contributed by atoms with Gasteiger partial charge in [-0.15, -0.1) is 0 Å². The first-order valence-corrected chi connectivity index (χ1v) is 2.95. The molecule has 0 aliphatic rings. The molecule has 0 rings (SSSR count). The van der Waals surface area contributed by atoms with Crippen LogP contribution < -0.4 is 0 Å². The lowest BCUT2D eigenvalue weighted by atomic mass is 10.4. The monoisotopic (exact) mass is 183 g/mol. The molecule has 5 heavy (non-hydrogen) atoms. The highest BCUT2D eigenvalue weighted by atomic mass is 127. The number of alkyl halides is 1. The molecule has 1 atom stereocenters. The van der Waals surface area contributed by atoms with Gasteiger partial charge in [-0.05, 0) is 6.42 Å². The van der Waals surface area contributed by atoms with E-state index in [9.17, 15) is 0 Å². The molecule has 0 aromatic rings. The summed E-state index contributed by atoms with van der Waals surface area (Å²) in [6, 6.07) is 0. The van der Waals surface area contributed by atoms with Gasteiger partial charge in [-0.25, -0.2) is 0 Å². The first kappa shape index (κ1) is 5.73. The van der Waals surface area contributed by atoms with Gasteiger partial charge in [-0.1, -0.05) is 36.4 Å². The fourth-order valence-corrected chi connectivity index (χ4v) is 0. The summed E-state index contributed by atoms with van der Waals surface area (Å²) in [6.45, 7) is 4.22. The summed E-state index contributed by atoms with van der Waals surface area (Å²) >= 11 is 2.35. The Labute approximate surface area is 47.1 Å². The fourth-order valence-electron chi connectivity index (χ4n) is 0. The van der Waals surface area contributed by atoms with Crippen molar-refractivity contribution in [3.63, 3.8) is 0 Å². The topological polar surface area (TPSA) is 0 Å². The van der Waals surface area contributed by atoms with Crippen LogP contribution in [0.4, 0.5) is 0 Å². The van der Waals surface area contributed by atoms with Crippen molar-refractivity contribution in [2.45, 2.75) is 17.8 Å². The molecule has 0 amide bonds. The predicted octanol–water partition coefficient (Wildman–Crippen LogP) is 2.03. The first-order valence-electron chi connectivity index (χ1n) is 1.71. The smallest absolute Gasteiger partial charge is 0.0110 e. The lowest BCUT2D eigenvalue weighted by molar-refractivity contribution is 1.16. The zero-order valence-corrected chi connectivity index (χ0v) is 5.69. The average Bonchev–Trinajstić information content (AvgIpc) is 1.38. The maximum absolute atomic E-state index is 2.35. The second kappa shape index (κ2) is 2.94. The molecule has 0 fully saturated rings. The maximum atomic E-state index is 2.35. The van der Waals surface area contributed by atoms with Gasteiger partial charge in [-0.3, -0.25) is 0 Å². The van der Waals surface area contributed by atoms with E-state index in [1.807, 2.05) is 0 Å². The van der Waals surface area contributed by atoms with Crippen LogP contribution in [0.5, 0.6) is 0 Å². The van der Waals surface area contributed by atoms with Crippen molar-refractivity contribution in [3.8, 4) is 0 Å². The Morgan fingerprint density at radius 2 is 2.00 bits per heavy atom. The standard InChI is InChI=1S/C4H8I/c1-3-4(2)5/h3-4H,1-2H3. The van der Waals surface area contributed by atoms with Gasteiger partial charge in [0.25, 0.3) is 0 Å². The second-order valence-corrected chi connectivity index (χ2v) is 2.98. The van der Waals surface area contributed by atoms with Gasteiger partial charge in [0.15, 0.2) is 0 Å². The summed E-state index contributed by atoms with van der Waals surface area (Å²) in [5.41, 5.74) is 0. The third-order valence-electron chi connectivity index (χ3n) is 0.459. The van der Waals surface area contributed by atoms with Crippen molar-refractivity contribution in [2.24, 2.45) is 0 Å². The van der Waals surface area contributed by atoms with Crippen molar-refractivity contribution in [3.05, 3.63) is 6.42 Å². The van der Waals surface area contributed by atoms with E-state index in [0.29, 0.717) is 0 Å². The van der Waals surface area contributed by atoms with E-state index in [1.54, 1.807) is 0 Å². The van der Waals surface area contributed by atoms with Crippen molar-refractivity contribution in [1.82, 2.24) is 0 Å².